The lowest BCUT2D eigenvalue weighted by atomic mass is 9.90. The molecule has 2 aromatic rings. The topological polar surface area (TPSA) is 75.4 Å². The predicted molar refractivity (Wildman–Crippen MR) is 89.5 cm³/mol. The zero-order valence-electron chi connectivity index (χ0n) is 13.3. The van der Waals surface area contributed by atoms with Gasteiger partial charge in [0.15, 0.2) is 0 Å². The van der Waals surface area contributed by atoms with Crippen molar-refractivity contribution in [2.75, 3.05) is 13.1 Å². The van der Waals surface area contributed by atoms with Crippen LogP contribution < -0.4 is 0 Å². The summed E-state index contributed by atoms with van der Waals surface area (Å²) in [6.45, 7) is 1.27. The van der Waals surface area contributed by atoms with Gasteiger partial charge in [-0.2, -0.15) is 5.10 Å². The van der Waals surface area contributed by atoms with E-state index in [1.165, 1.54) is 10.9 Å². The van der Waals surface area contributed by atoms with E-state index in [9.17, 15) is 9.59 Å². The Morgan fingerprint density at radius 2 is 2.00 bits per heavy atom. The van der Waals surface area contributed by atoms with Crippen LogP contribution in [0, 0.1) is 0 Å². The smallest absolute Gasteiger partial charge is 0.335 e. The number of carboxylic acids is 1. The number of hydrogen-bond acceptors (Lipinski definition) is 3. The molecule has 1 N–H and O–H groups in total. The van der Waals surface area contributed by atoms with Crippen molar-refractivity contribution in [3.8, 4) is 0 Å². The number of piperidine rings is 1. The standard InChI is InChI=1S/C17H18ClN3O3/c1-20-15(14(18)9-19-20)16(22)21-8-2-3-13(10-21)11-4-6-12(7-5-11)17(23)24/h4-7,9,13H,2-3,8,10H2,1H3,(H,23,24)/t13-/m0/s1. The molecule has 126 valence electrons. The Bertz CT molecular complexity index is 750. The Morgan fingerprint density at radius 3 is 2.58 bits per heavy atom. The Morgan fingerprint density at radius 1 is 1.29 bits per heavy atom. The number of carboxylic acid groups (broad SMARTS) is 1. The molecule has 1 aliphatic rings. The first-order valence-corrected chi connectivity index (χ1v) is 8.15. The third-order valence-electron chi connectivity index (χ3n) is 4.43. The Balaban J connectivity index is 1.77. The highest BCUT2D eigenvalue weighted by Crippen LogP contribution is 2.29. The molecule has 1 atom stereocenters. The second-order valence-electron chi connectivity index (χ2n) is 5.98. The third-order valence-corrected chi connectivity index (χ3v) is 4.71. The van der Waals surface area contributed by atoms with Crippen LogP contribution in [0.15, 0.2) is 30.5 Å². The fourth-order valence-electron chi connectivity index (χ4n) is 3.13. The van der Waals surface area contributed by atoms with Crippen LogP contribution in [-0.2, 0) is 7.05 Å². The summed E-state index contributed by atoms with van der Waals surface area (Å²) < 4.78 is 1.50. The van der Waals surface area contributed by atoms with E-state index >= 15 is 0 Å². The SMILES string of the molecule is Cn1ncc(Cl)c1C(=O)N1CCC[C@H](c2ccc(C(=O)O)cc2)C1. The summed E-state index contributed by atoms with van der Waals surface area (Å²) in [7, 11) is 1.70. The maximum Gasteiger partial charge on any atom is 0.335 e. The number of rotatable bonds is 3. The average Bonchev–Trinajstić information content (AvgIpc) is 2.93. The van der Waals surface area contributed by atoms with Crippen LogP contribution in [0.4, 0.5) is 0 Å². The molecule has 1 aromatic carbocycles. The van der Waals surface area contributed by atoms with Gasteiger partial charge in [0.05, 0.1) is 16.8 Å². The molecular weight excluding hydrogens is 330 g/mol. The van der Waals surface area contributed by atoms with Crippen molar-refractivity contribution in [1.82, 2.24) is 14.7 Å². The van der Waals surface area contributed by atoms with E-state index in [0.29, 0.717) is 23.8 Å². The first-order chi connectivity index (χ1) is 11.5. The monoisotopic (exact) mass is 347 g/mol. The lowest BCUT2D eigenvalue weighted by molar-refractivity contribution is 0.0690. The molecule has 1 saturated heterocycles. The number of benzene rings is 1. The molecule has 2 heterocycles. The highest BCUT2D eigenvalue weighted by atomic mass is 35.5. The Hall–Kier alpha value is -2.34. The second-order valence-corrected chi connectivity index (χ2v) is 6.39. The van der Waals surface area contributed by atoms with Gasteiger partial charge in [0.25, 0.3) is 5.91 Å². The van der Waals surface area contributed by atoms with Crippen molar-refractivity contribution in [3.05, 3.63) is 52.3 Å². The van der Waals surface area contributed by atoms with Crippen molar-refractivity contribution in [2.45, 2.75) is 18.8 Å². The third kappa shape index (κ3) is 3.14. The molecule has 0 radical (unpaired) electrons. The van der Waals surface area contributed by atoms with Crippen LogP contribution in [0.3, 0.4) is 0 Å². The van der Waals surface area contributed by atoms with Gasteiger partial charge in [-0.1, -0.05) is 23.7 Å². The van der Waals surface area contributed by atoms with Crippen molar-refractivity contribution in [1.29, 1.82) is 0 Å². The van der Waals surface area contributed by atoms with Crippen LogP contribution in [0.25, 0.3) is 0 Å². The maximum atomic E-state index is 12.7. The van der Waals surface area contributed by atoms with E-state index in [1.54, 1.807) is 24.1 Å². The summed E-state index contributed by atoms with van der Waals surface area (Å²) in [5, 5.41) is 13.4. The van der Waals surface area contributed by atoms with Crippen molar-refractivity contribution in [2.24, 2.45) is 7.05 Å². The molecule has 0 unspecified atom stereocenters. The van der Waals surface area contributed by atoms with Gasteiger partial charge in [0.1, 0.15) is 5.69 Å². The minimum atomic E-state index is -0.937. The molecule has 3 rings (SSSR count). The van der Waals surface area contributed by atoms with Crippen LogP contribution in [0.1, 0.15) is 45.2 Å². The number of carbonyl (C=O) groups is 2. The van der Waals surface area contributed by atoms with Crippen LogP contribution in [0.2, 0.25) is 5.02 Å². The van der Waals surface area contributed by atoms with Crippen LogP contribution >= 0.6 is 11.6 Å². The molecule has 7 heteroatoms. The first kappa shape index (κ1) is 16.5. The number of halogens is 1. The number of aryl methyl sites for hydroxylation is 1. The molecule has 24 heavy (non-hydrogen) atoms. The van der Waals surface area contributed by atoms with Crippen molar-refractivity contribution < 1.29 is 14.7 Å². The maximum absolute atomic E-state index is 12.7. The van der Waals surface area contributed by atoms with E-state index < -0.39 is 5.97 Å². The lowest BCUT2D eigenvalue weighted by Gasteiger charge is -2.33. The molecule has 0 spiro atoms. The number of likely N-dealkylation sites (tertiary alicyclic amines) is 1. The van der Waals surface area contributed by atoms with E-state index in [-0.39, 0.29) is 17.4 Å². The summed E-state index contributed by atoms with van der Waals surface area (Å²) in [6, 6.07) is 6.88. The summed E-state index contributed by atoms with van der Waals surface area (Å²) in [6.07, 6.45) is 3.34. The summed E-state index contributed by atoms with van der Waals surface area (Å²) in [5.41, 5.74) is 1.72. The highest BCUT2D eigenvalue weighted by molar-refractivity contribution is 6.33. The minimum absolute atomic E-state index is 0.119. The number of nitrogens with zero attached hydrogens (tertiary/aromatic N) is 3. The molecule has 1 aliphatic heterocycles. The van der Waals surface area contributed by atoms with E-state index in [2.05, 4.69) is 5.10 Å². The molecule has 1 fully saturated rings. The first-order valence-electron chi connectivity index (χ1n) is 7.77. The van der Waals surface area contributed by atoms with Gasteiger partial charge in [-0.05, 0) is 30.5 Å². The number of aromatic carboxylic acids is 1. The Kier molecular flexibility index (Phi) is 4.57. The van der Waals surface area contributed by atoms with E-state index in [4.69, 9.17) is 16.7 Å². The number of hydrogen-bond donors (Lipinski definition) is 1. The molecule has 1 aromatic heterocycles. The normalized spacial score (nSPS) is 17.8. The quantitative estimate of drug-likeness (QED) is 0.926. The lowest BCUT2D eigenvalue weighted by Crippen LogP contribution is -2.40. The molecular formula is C17H18ClN3O3. The number of carbonyl (C=O) groups excluding carboxylic acids is 1. The van der Waals surface area contributed by atoms with Gasteiger partial charge < -0.3 is 10.0 Å². The van der Waals surface area contributed by atoms with Gasteiger partial charge >= 0.3 is 5.97 Å². The van der Waals surface area contributed by atoms with E-state index in [0.717, 1.165) is 18.4 Å². The zero-order chi connectivity index (χ0) is 17.3. The number of amides is 1. The largest absolute Gasteiger partial charge is 0.478 e. The van der Waals surface area contributed by atoms with Crippen LogP contribution in [-0.4, -0.2) is 44.8 Å². The summed E-state index contributed by atoms with van der Waals surface area (Å²) in [5.74, 6) is -0.864. The second kappa shape index (κ2) is 6.65. The number of aromatic nitrogens is 2. The fraction of sp³-hybridized carbons (Fsp3) is 0.353. The van der Waals surface area contributed by atoms with Gasteiger partial charge in [-0.25, -0.2) is 4.79 Å². The van der Waals surface area contributed by atoms with Gasteiger partial charge in [-0.15, -0.1) is 0 Å². The molecule has 0 bridgehead atoms. The molecule has 0 saturated carbocycles. The summed E-state index contributed by atoms with van der Waals surface area (Å²) in [4.78, 5) is 25.5. The Labute approximate surface area is 144 Å². The summed E-state index contributed by atoms with van der Waals surface area (Å²) >= 11 is 6.07. The minimum Gasteiger partial charge on any atom is -0.478 e. The molecule has 6 nitrogen and oxygen atoms in total. The van der Waals surface area contributed by atoms with Crippen molar-refractivity contribution in [3.63, 3.8) is 0 Å². The van der Waals surface area contributed by atoms with Crippen LogP contribution in [0.5, 0.6) is 0 Å². The van der Waals surface area contributed by atoms with Gasteiger partial charge in [0, 0.05) is 26.1 Å². The van der Waals surface area contributed by atoms with Gasteiger partial charge in [0.2, 0.25) is 0 Å². The van der Waals surface area contributed by atoms with Crippen molar-refractivity contribution >= 4 is 23.5 Å². The van der Waals surface area contributed by atoms with E-state index in [1.807, 2.05) is 12.1 Å². The zero-order valence-corrected chi connectivity index (χ0v) is 14.0. The fourth-order valence-corrected chi connectivity index (χ4v) is 3.38. The average molecular weight is 348 g/mol. The molecule has 1 amide bonds. The van der Waals surface area contributed by atoms with Gasteiger partial charge in [-0.3, -0.25) is 9.48 Å². The predicted octanol–water partition coefficient (Wildman–Crippen LogP) is 2.79. The molecule has 0 aliphatic carbocycles. The highest BCUT2D eigenvalue weighted by Gasteiger charge is 2.28.